The number of nitrogens with one attached hydrogen (secondary N) is 1. The summed E-state index contributed by atoms with van der Waals surface area (Å²) in [6.07, 6.45) is 0.948. The minimum atomic E-state index is -3.85. The van der Waals surface area contributed by atoms with E-state index in [1.807, 2.05) is 18.2 Å². The van der Waals surface area contributed by atoms with Crippen LogP contribution in [0.3, 0.4) is 0 Å². The predicted molar refractivity (Wildman–Crippen MR) is 114 cm³/mol. The number of carbonyl (C=O) groups is 1. The first-order valence-corrected chi connectivity index (χ1v) is 11.9. The van der Waals surface area contributed by atoms with Crippen LogP contribution < -0.4 is 9.62 Å². The molecule has 0 spiro atoms. The lowest BCUT2D eigenvalue weighted by atomic mass is 10.2. The second-order valence-corrected chi connectivity index (χ2v) is 9.56. The summed E-state index contributed by atoms with van der Waals surface area (Å²) in [5.41, 5.74) is 0.933. The monoisotopic (exact) mass is 444 g/mol. The van der Waals surface area contributed by atoms with Crippen molar-refractivity contribution >= 4 is 45.0 Å². The highest BCUT2D eigenvalue weighted by molar-refractivity contribution is 7.98. The zero-order chi connectivity index (χ0) is 20.7. The molecule has 0 aliphatic rings. The summed E-state index contributed by atoms with van der Waals surface area (Å²) in [7, 11) is -3.85. The second kappa shape index (κ2) is 10.1. The molecule has 9 heteroatoms. The van der Waals surface area contributed by atoms with E-state index in [1.54, 1.807) is 17.8 Å². The maximum absolute atomic E-state index is 14.1. The van der Waals surface area contributed by atoms with Gasteiger partial charge in [0.2, 0.25) is 15.9 Å². The van der Waals surface area contributed by atoms with Gasteiger partial charge in [-0.1, -0.05) is 35.9 Å². The third kappa shape index (κ3) is 6.39. The molecular weight excluding hydrogens is 423 g/mol. The molecule has 152 valence electrons. The van der Waals surface area contributed by atoms with E-state index in [2.05, 4.69) is 5.32 Å². The lowest BCUT2D eigenvalue weighted by Crippen LogP contribution is -2.48. The van der Waals surface area contributed by atoms with E-state index >= 15 is 0 Å². The minimum absolute atomic E-state index is 0.150. The number of sulfonamides is 1. The Kier molecular flexibility index (Phi) is 8.15. The van der Waals surface area contributed by atoms with Gasteiger partial charge in [0.15, 0.2) is 0 Å². The molecular formula is C19H22ClFN2O3S2. The SMILES string of the molecule is CC(C(=O)NCCSCc1cccc(Cl)c1)N(c1ccccc1F)S(C)(=O)=O. The van der Waals surface area contributed by atoms with Crippen molar-refractivity contribution in [1.82, 2.24) is 5.32 Å². The highest BCUT2D eigenvalue weighted by Gasteiger charge is 2.30. The lowest BCUT2D eigenvalue weighted by Gasteiger charge is -2.28. The van der Waals surface area contributed by atoms with Gasteiger partial charge >= 0.3 is 0 Å². The third-order valence-corrected chi connectivity index (χ3v) is 6.37. The van der Waals surface area contributed by atoms with Crippen LogP contribution in [-0.2, 0) is 20.6 Å². The Hall–Kier alpha value is -1.77. The summed E-state index contributed by atoms with van der Waals surface area (Å²) < 4.78 is 39.2. The standard InChI is InChI=1S/C19H22ClFN2O3S2/c1-14(23(28(2,25)26)18-9-4-3-8-17(18)21)19(24)22-10-11-27-13-15-6-5-7-16(20)12-15/h3-9,12,14H,10-11,13H2,1-2H3,(H,22,24). The molecule has 0 radical (unpaired) electrons. The number of thioether (sulfide) groups is 1. The van der Waals surface area contributed by atoms with E-state index in [4.69, 9.17) is 11.6 Å². The maximum Gasteiger partial charge on any atom is 0.243 e. The molecule has 0 aromatic heterocycles. The van der Waals surface area contributed by atoms with Gasteiger partial charge in [0.25, 0.3) is 0 Å². The van der Waals surface area contributed by atoms with Crippen molar-refractivity contribution in [2.24, 2.45) is 0 Å². The van der Waals surface area contributed by atoms with Crippen molar-refractivity contribution in [3.8, 4) is 0 Å². The Morgan fingerprint density at radius 2 is 1.96 bits per heavy atom. The molecule has 0 aliphatic heterocycles. The van der Waals surface area contributed by atoms with E-state index in [0.717, 1.165) is 27.9 Å². The molecule has 1 unspecified atom stereocenters. The molecule has 1 amide bonds. The van der Waals surface area contributed by atoms with Gasteiger partial charge in [-0.15, -0.1) is 0 Å². The fraction of sp³-hybridized carbons (Fsp3) is 0.316. The van der Waals surface area contributed by atoms with Crippen molar-refractivity contribution in [2.75, 3.05) is 22.9 Å². The molecule has 1 atom stereocenters. The molecule has 2 aromatic rings. The first-order chi connectivity index (χ1) is 13.2. The zero-order valence-corrected chi connectivity index (χ0v) is 18.0. The van der Waals surface area contributed by atoms with Gasteiger partial charge in [0.05, 0.1) is 11.9 Å². The largest absolute Gasteiger partial charge is 0.353 e. The van der Waals surface area contributed by atoms with Crippen LogP contribution in [0, 0.1) is 5.82 Å². The van der Waals surface area contributed by atoms with Crippen LogP contribution in [0.1, 0.15) is 12.5 Å². The van der Waals surface area contributed by atoms with Crippen LogP contribution in [0.4, 0.5) is 10.1 Å². The number of benzene rings is 2. The van der Waals surface area contributed by atoms with Gasteiger partial charge < -0.3 is 5.32 Å². The van der Waals surface area contributed by atoms with Crippen molar-refractivity contribution in [3.05, 3.63) is 64.9 Å². The molecule has 1 N–H and O–H groups in total. The number of carbonyl (C=O) groups excluding carboxylic acids is 1. The fourth-order valence-electron chi connectivity index (χ4n) is 2.62. The summed E-state index contributed by atoms with van der Waals surface area (Å²) in [6.45, 7) is 1.80. The van der Waals surface area contributed by atoms with Crippen LogP contribution in [0.2, 0.25) is 5.02 Å². The molecule has 0 heterocycles. The van der Waals surface area contributed by atoms with E-state index in [-0.39, 0.29) is 5.69 Å². The lowest BCUT2D eigenvalue weighted by molar-refractivity contribution is -0.121. The van der Waals surface area contributed by atoms with Gasteiger partial charge in [-0.05, 0) is 36.8 Å². The van der Waals surface area contributed by atoms with E-state index in [9.17, 15) is 17.6 Å². The molecule has 5 nitrogen and oxygen atoms in total. The quantitative estimate of drug-likeness (QED) is 0.599. The van der Waals surface area contributed by atoms with Gasteiger partial charge in [0, 0.05) is 23.1 Å². The smallest absolute Gasteiger partial charge is 0.243 e. The predicted octanol–water partition coefficient (Wildman–Crippen LogP) is 3.68. The Labute approximate surface area is 174 Å². The average molecular weight is 445 g/mol. The van der Waals surface area contributed by atoms with Crippen LogP contribution in [-0.4, -0.2) is 38.9 Å². The van der Waals surface area contributed by atoms with E-state index in [0.29, 0.717) is 17.3 Å². The van der Waals surface area contributed by atoms with Gasteiger partial charge in [-0.2, -0.15) is 11.8 Å². The van der Waals surface area contributed by atoms with Crippen LogP contribution in [0.25, 0.3) is 0 Å². The second-order valence-electron chi connectivity index (χ2n) is 6.16. The molecule has 2 aromatic carbocycles. The Bertz CT molecular complexity index is 925. The first-order valence-electron chi connectivity index (χ1n) is 8.54. The first kappa shape index (κ1) is 22.5. The summed E-state index contributed by atoms with van der Waals surface area (Å²) in [4.78, 5) is 12.4. The van der Waals surface area contributed by atoms with Crippen LogP contribution >= 0.6 is 23.4 Å². The fourth-order valence-corrected chi connectivity index (χ4v) is 4.82. The number of halogens is 2. The third-order valence-electron chi connectivity index (χ3n) is 3.88. The topological polar surface area (TPSA) is 66.5 Å². The van der Waals surface area contributed by atoms with Crippen LogP contribution in [0.15, 0.2) is 48.5 Å². The Balaban J connectivity index is 1.92. The summed E-state index contributed by atoms with van der Waals surface area (Å²) in [5.74, 6) is 0.196. The number of anilines is 1. The molecule has 0 aliphatic carbocycles. The van der Waals surface area contributed by atoms with Gasteiger partial charge in [0.1, 0.15) is 11.9 Å². The average Bonchev–Trinajstić information content (AvgIpc) is 2.62. The molecule has 0 saturated heterocycles. The highest BCUT2D eigenvalue weighted by atomic mass is 35.5. The van der Waals surface area contributed by atoms with Crippen molar-refractivity contribution < 1.29 is 17.6 Å². The molecule has 0 fully saturated rings. The normalized spacial score (nSPS) is 12.4. The molecule has 0 saturated carbocycles. The number of rotatable bonds is 9. The number of hydrogen-bond donors (Lipinski definition) is 1. The maximum atomic E-state index is 14.1. The molecule has 2 rings (SSSR count). The summed E-state index contributed by atoms with van der Waals surface area (Å²) >= 11 is 7.56. The molecule has 0 bridgehead atoms. The minimum Gasteiger partial charge on any atom is -0.353 e. The Morgan fingerprint density at radius 1 is 1.25 bits per heavy atom. The van der Waals surface area contributed by atoms with Crippen molar-refractivity contribution in [1.29, 1.82) is 0 Å². The number of para-hydroxylation sites is 1. The summed E-state index contributed by atoms with van der Waals surface area (Å²) in [5, 5.41) is 3.38. The van der Waals surface area contributed by atoms with Gasteiger partial charge in [-0.25, -0.2) is 12.8 Å². The number of nitrogens with zero attached hydrogens (tertiary/aromatic N) is 1. The number of amides is 1. The van der Waals surface area contributed by atoms with Crippen LogP contribution in [0.5, 0.6) is 0 Å². The number of hydrogen-bond acceptors (Lipinski definition) is 4. The molecule has 28 heavy (non-hydrogen) atoms. The highest BCUT2D eigenvalue weighted by Crippen LogP contribution is 2.24. The zero-order valence-electron chi connectivity index (χ0n) is 15.6. The summed E-state index contributed by atoms with van der Waals surface area (Å²) in [6, 6.07) is 11.9. The van der Waals surface area contributed by atoms with Crippen molar-refractivity contribution in [3.63, 3.8) is 0 Å². The van der Waals surface area contributed by atoms with Crippen molar-refractivity contribution in [2.45, 2.75) is 18.7 Å². The van der Waals surface area contributed by atoms with Gasteiger partial charge in [-0.3, -0.25) is 9.10 Å². The van der Waals surface area contributed by atoms with E-state index in [1.165, 1.54) is 25.1 Å². The Morgan fingerprint density at radius 3 is 2.61 bits per heavy atom. The van der Waals surface area contributed by atoms with E-state index < -0.39 is 27.8 Å².